The van der Waals surface area contributed by atoms with E-state index in [9.17, 15) is 0 Å². The largest absolute Gasteiger partial charge is 0.398 e. The Balaban J connectivity index is 1.76. The Kier molecular flexibility index (Phi) is 9.94. The van der Waals surface area contributed by atoms with Gasteiger partial charge in [-0.25, -0.2) is 0 Å². The van der Waals surface area contributed by atoms with E-state index in [2.05, 4.69) is 54.6 Å². The number of nitrogen functional groups attached to an aromatic ring is 1. The van der Waals surface area contributed by atoms with Gasteiger partial charge in [0.1, 0.15) is 0 Å². The third-order valence-electron chi connectivity index (χ3n) is 5.46. The number of nitrogens with two attached hydrogens (primary N) is 1. The molecule has 0 saturated carbocycles. The summed E-state index contributed by atoms with van der Waals surface area (Å²) in [5.41, 5.74) is 14.0. The number of rotatable bonds is 10. The Hall–Kier alpha value is -0.366. The number of halogens is 6. The van der Waals surface area contributed by atoms with Gasteiger partial charge in [0.2, 0.25) is 0 Å². The zero-order chi connectivity index (χ0) is 24.1. The van der Waals surface area contributed by atoms with Crippen LogP contribution in [0.4, 0.5) is 5.69 Å². The highest BCUT2D eigenvalue weighted by atomic mass is 35.8. The molecule has 3 aromatic rings. The van der Waals surface area contributed by atoms with Crippen molar-refractivity contribution in [2.24, 2.45) is 0 Å². The van der Waals surface area contributed by atoms with E-state index in [0.717, 1.165) is 53.6 Å². The lowest BCUT2D eigenvalue weighted by Crippen LogP contribution is -2.08. The quantitative estimate of drug-likeness (QED) is 0.141. The molecule has 0 fully saturated rings. The van der Waals surface area contributed by atoms with E-state index in [1.807, 2.05) is 12.1 Å². The Morgan fingerprint density at radius 1 is 0.576 bits per heavy atom. The lowest BCUT2D eigenvalue weighted by Gasteiger charge is -2.14. The second kappa shape index (κ2) is 12.1. The molecule has 0 radical (unpaired) electrons. The van der Waals surface area contributed by atoms with Gasteiger partial charge in [-0.2, -0.15) is 0 Å². The Labute approximate surface area is 226 Å². The Morgan fingerprint density at radius 3 is 1.48 bits per heavy atom. The summed E-state index contributed by atoms with van der Waals surface area (Å²) in [6.45, 7) is 0. The predicted octanol–water partition coefficient (Wildman–Crippen LogP) is 9.78. The highest BCUT2D eigenvalue weighted by molar-refractivity contribution is 7.65. The average molecular weight is 596 g/mol. The first-order valence-corrected chi connectivity index (χ1v) is 21.2. The fourth-order valence-corrected chi connectivity index (χ4v) is 7.37. The zero-order valence-corrected chi connectivity index (χ0v) is 24.5. The molecule has 2 N–H and O–H groups in total. The molecule has 1 nitrogen and oxygen atoms in total. The molecule has 3 aromatic carbocycles. The van der Waals surface area contributed by atoms with Crippen LogP contribution in [-0.4, -0.2) is 12.0 Å². The first-order chi connectivity index (χ1) is 15.5. The molecule has 0 aliphatic heterocycles. The third kappa shape index (κ3) is 8.98. The van der Waals surface area contributed by atoms with E-state index < -0.39 is 12.0 Å². The normalized spacial score (nSPS) is 12.2. The summed E-state index contributed by atoms with van der Waals surface area (Å²) in [6.07, 6.45) is 3.53. The molecule has 0 heterocycles. The monoisotopic (exact) mass is 593 g/mol. The van der Waals surface area contributed by atoms with E-state index in [1.165, 1.54) is 11.1 Å². The molecule has 0 spiro atoms. The molecule has 0 aliphatic carbocycles. The van der Waals surface area contributed by atoms with Crippen LogP contribution in [0.1, 0.15) is 24.0 Å². The molecule has 0 aromatic heterocycles. The maximum Gasteiger partial charge on any atom is 0.341 e. The number of aryl methyl sites for hydroxylation is 2. The summed E-state index contributed by atoms with van der Waals surface area (Å²) in [5.74, 6) is 0. The van der Waals surface area contributed by atoms with Crippen LogP contribution >= 0.6 is 66.5 Å². The maximum absolute atomic E-state index is 6.42. The van der Waals surface area contributed by atoms with Gasteiger partial charge in [-0.15, -0.1) is 66.5 Å². The fraction of sp³-hybridized carbons (Fsp3) is 0.250. The van der Waals surface area contributed by atoms with Crippen molar-refractivity contribution in [3.8, 4) is 22.3 Å². The van der Waals surface area contributed by atoms with Crippen LogP contribution in [0.5, 0.6) is 0 Å². The number of benzene rings is 3. The van der Waals surface area contributed by atoms with E-state index >= 15 is 0 Å². The van der Waals surface area contributed by atoms with Gasteiger partial charge in [-0.3, -0.25) is 0 Å². The minimum absolute atomic E-state index is 0.664. The smallest absolute Gasteiger partial charge is 0.341 e. The first-order valence-electron chi connectivity index (χ1n) is 10.7. The van der Waals surface area contributed by atoms with Crippen molar-refractivity contribution in [2.45, 2.75) is 37.8 Å². The van der Waals surface area contributed by atoms with E-state index in [4.69, 9.17) is 72.2 Å². The van der Waals surface area contributed by atoms with Crippen molar-refractivity contribution in [3.63, 3.8) is 0 Å². The predicted molar refractivity (Wildman–Crippen MR) is 155 cm³/mol. The van der Waals surface area contributed by atoms with Crippen LogP contribution in [0.2, 0.25) is 12.1 Å². The molecule has 9 heteroatoms. The van der Waals surface area contributed by atoms with Crippen molar-refractivity contribution in [2.75, 3.05) is 5.73 Å². The van der Waals surface area contributed by atoms with Crippen molar-refractivity contribution in [1.82, 2.24) is 0 Å². The summed E-state index contributed by atoms with van der Waals surface area (Å²) in [7, 11) is 0. The van der Waals surface area contributed by atoms with Gasteiger partial charge < -0.3 is 5.73 Å². The SMILES string of the molecule is Nc1cccc(-c2ccc(CCC[Si](Cl)(Cl)Cl)cc2)c1-c1ccc(CCC[Si](Cl)(Cl)Cl)cc1. The van der Waals surface area contributed by atoms with Gasteiger partial charge in [0.05, 0.1) is 0 Å². The Morgan fingerprint density at radius 2 is 1.03 bits per heavy atom. The minimum Gasteiger partial charge on any atom is -0.398 e. The van der Waals surface area contributed by atoms with Crippen LogP contribution in [0.3, 0.4) is 0 Å². The number of hydrogen-bond acceptors (Lipinski definition) is 1. The molecular formula is C24H25Cl6NSi2. The Bertz CT molecular complexity index is 1040. The molecule has 0 atom stereocenters. The summed E-state index contributed by atoms with van der Waals surface area (Å²) < 4.78 is 0. The second-order valence-electron chi connectivity index (χ2n) is 8.10. The van der Waals surface area contributed by atoms with Gasteiger partial charge >= 0.3 is 12.0 Å². The van der Waals surface area contributed by atoms with Crippen LogP contribution in [0.15, 0.2) is 66.7 Å². The lowest BCUT2D eigenvalue weighted by atomic mass is 9.92. The van der Waals surface area contributed by atoms with Gasteiger partial charge in [0.15, 0.2) is 0 Å². The molecule has 0 bridgehead atoms. The summed E-state index contributed by atoms with van der Waals surface area (Å²) in [6, 6.07) is 19.3. The van der Waals surface area contributed by atoms with Crippen molar-refractivity contribution >= 4 is 84.2 Å². The highest BCUT2D eigenvalue weighted by Gasteiger charge is 2.24. The topological polar surface area (TPSA) is 26.0 Å². The van der Waals surface area contributed by atoms with Crippen LogP contribution in [-0.2, 0) is 12.8 Å². The van der Waals surface area contributed by atoms with E-state index in [-0.39, 0.29) is 0 Å². The zero-order valence-electron chi connectivity index (χ0n) is 17.9. The molecule has 0 aliphatic rings. The van der Waals surface area contributed by atoms with Crippen LogP contribution in [0.25, 0.3) is 22.3 Å². The maximum atomic E-state index is 6.42. The van der Waals surface area contributed by atoms with Crippen molar-refractivity contribution in [3.05, 3.63) is 77.9 Å². The summed E-state index contributed by atoms with van der Waals surface area (Å²) in [4.78, 5) is 0. The number of anilines is 1. The van der Waals surface area contributed by atoms with Gasteiger partial charge in [-0.1, -0.05) is 60.7 Å². The molecule has 3 rings (SSSR count). The summed E-state index contributed by atoms with van der Waals surface area (Å²) >= 11 is 35.9. The van der Waals surface area contributed by atoms with Gasteiger partial charge in [-0.05, 0) is 71.7 Å². The van der Waals surface area contributed by atoms with Crippen LogP contribution < -0.4 is 5.73 Å². The molecule has 0 saturated heterocycles. The average Bonchev–Trinajstić information content (AvgIpc) is 2.73. The standard InChI is InChI=1S/C24H25Cl6NSi2/c25-32(26,27)16-2-4-18-8-12-20(13-9-18)22-6-1-7-23(31)24(22)21-14-10-19(11-15-21)5-3-17-33(28,29)30/h1,6-15H,2-5,16-17,31H2. The molecule has 33 heavy (non-hydrogen) atoms. The molecule has 0 unspecified atom stereocenters. The van der Waals surface area contributed by atoms with E-state index in [0.29, 0.717) is 12.1 Å². The summed E-state index contributed by atoms with van der Waals surface area (Å²) in [5, 5.41) is 0. The third-order valence-corrected chi connectivity index (χ3v) is 10.7. The fourth-order valence-electron chi connectivity index (χ4n) is 3.81. The minimum atomic E-state index is -2.56. The lowest BCUT2D eigenvalue weighted by molar-refractivity contribution is 0.915. The highest BCUT2D eigenvalue weighted by Crippen LogP contribution is 2.37. The van der Waals surface area contributed by atoms with Crippen LogP contribution in [0, 0.1) is 0 Å². The molecular weight excluding hydrogens is 571 g/mol. The molecule has 176 valence electrons. The molecule has 0 amide bonds. The second-order valence-corrected chi connectivity index (χ2v) is 26.7. The first kappa shape index (κ1) is 27.2. The van der Waals surface area contributed by atoms with Gasteiger partial charge in [0, 0.05) is 11.3 Å². The van der Waals surface area contributed by atoms with E-state index in [1.54, 1.807) is 0 Å². The number of hydrogen-bond donors (Lipinski definition) is 1. The van der Waals surface area contributed by atoms with Gasteiger partial charge in [0.25, 0.3) is 0 Å². The van der Waals surface area contributed by atoms with Crippen molar-refractivity contribution in [1.29, 1.82) is 0 Å². The van der Waals surface area contributed by atoms with Crippen molar-refractivity contribution < 1.29 is 0 Å².